The van der Waals surface area contributed by atoms with Gasteiger partial charge in [0.1, 0.15) is 17.3 Å². The SMILES string of the molecule is COc1ccc(CCC(=O)NCCCCOc2ccc(F)cc2)cc1Cl. The van der Waals surface area contributed by atoms with Crippen LogP contribution in [-0.4, -0.2) is 26.2 Å². The Labute approximate surface area is 158 Å². The Kier molecular flexibility index (Phi) is 8.22. The van der Waals surface area contributed by atoms with Gasteiger partial charge < -0.3 is 14.8 Å². The number of hydrogen-bond donors (Lipinski definition) is 1. The minimum Gasteiger partial charge on any atom is -0.495 e. The van der Waals surface area contributed by atoms with Crippen LogP contribution in [0.15, 0.2) is 42.5 Å². The summed E-state index contributed by atoms with van der Waals surface area (Å²) in [5, 5.41) is 3.44. The van der Waals surface area contributed by atoms with Crippen molar-refractivity contribution in [3.63, 3.8) is 0 Å². The van der Waals surface area contributed by atoms with Crippen molar-refractivity contribution >= 4 is 17.5 Å². The summed E-state index contributed by atoms with van der Waals surface area (Å²) in [6, 6.07) is 11.5. The predicted molar refractivity (Wildman–Crippen MR) is 100 cm³/mol. The van der Waals surface area contributed by atoms with Gasteiger partial charge in [0.15, 0.2) is 0 Å². The normalized spacial score (nSPS) is 10.4. The first-order chi connectivity index (χ1) is 12.6. The van der Waals surface area contributed by atoms with E-state index in [1.54, 1.807) is 25.3 Å². The number of carbonyl (C=O) groups excluding carboxylic acids is 1. The van der Waals surface area contributed by atoms with Crippen LogP contribution in [0, 0.1) is 5.82 Å². The fraction of sp³-hybridized carbons (Fsp3) is 0.350. The molecule has 0 unspecified atom stereocenters. The standard InChI is InChI=1S/C20H23ClFNO3/c1-25-19-10-4-15(14-18(19)21)5-11-20(24)23-12-2-3-13-26-17-8-6-16(22)7-9-17/h4,6-10,14H,2-3,5,11-13H2,1H3,(H,23,24). The van der Waals surface area contributed by atoms with Crippen LogP contribution in [0.2, 0.25) is 5.02 Å². The largest absolute Gasteiger partial charge is 0.495 e. The van der Waals surface area contributed by atoms with Crippen LogP contribution in [0.4, 0.5) is 4.39 Å². The molecule has 0 heterocycles. The van der Waals surface area contributed by atoms with Crippen LogP contribution in [0.1, 0.15) is 24.8 Å². The van der Waals surface area contributed by atoms with Crippen molar-refractivity contribution in [3.8, 4) is 11.5 Å². The first-order valence-electron chi connectivity index (χ1n) is 8.56. The Morgan fingerprint density at radius 1 is 1.15 bits per heavy atom. The molecule has 0 aliphatic rings. The number of benzene rings is 2. The number of hydrogen-bond acceptors (Lipinski definition) is 3. The monoisotopic (exact) mass is 379 g/mol. The Balaban J connectivity index is 1.56. The van der Waals surface area contributed by atoms with Crippen LogP contribution in [-0.2, 0) is 11.2 Å². The summed E-state index contributed by atoms with van der Waals surface area (Å²) in [6.45, 7) is 1.14. The molecule has 0 saturated heterocycles. The first kappa shape index (κ1) is 20.0. The quantitative estimate of drug-likeness (QED) is 0.622. The third-order valence-corrected chi connectivity index (χ3v) is 4.13. The summed E-state index contributed by atoms with van der Waals surface area (Å²) < 4.78 is 23.4. The molecule has 0 radical (unpaired) electrons. The van der Waals surface area contributed by atoms with Crippen molar-refractivity contribution in [2.24, 2.45) is 0 Å². The molecule has 0 fully saturated rings. The van der Waals surface area contributed by atoms with E-state index in [4.69, 9.17) is 21.1 Å². The molecule has 0 aliphatic heterocycles. The van der Waals surface area contributed by atoms with E-state index in [0.29, 0.717) is 42.5 Å². The fourth-order valence-electron chi connectivity index (χ4n) is 2.39. The van der Waals surface area contributed by atoms with Crippen LogP contribution in [0.5, 0.6) is 11.5 Å². The van der Waals surface area contributed by atoms with Gasteiger partial charge in [-0.15, -0.1) is 0 Å². The third kappa shape index (κ3) is 6.92. The number of carbonyl (C=O) groups is 1. The summed E-state index contributed by atoms with van der Waals surface area (Å²) in [4.78, 5) is 11.9. The number of halogens is 2. The lowest BCUT2D eigenvalue weighted by Crippen LogP contribution is -2.24. The molecular formula is C20H23ClFNO3. The molecule has 2 aromatic carbocycles. The Hall–Kier alpha value is -2.27. The number of nitrogens with one attached hydrogen (secondary N) is 1. The molecule has 140 valence electrons. The number of aryl methyl sites for hydroxylation is 1. The number of amides is 1. The van der Waals surface area contributed by atoms with E-state index in [9.17, 15) is 9.18 Å². The maximum atomic E-state index is 12.8. The molecule has 4 nitrogen and oxygen atoms in total. The van der Waals surface area contributed by atoms with Crippen molar-refractivity contribution in [3.05, 3.63) is 58.9 Å². The maximum Gasteiger partial charge on any atom is 0.220 e. The van der Waals surface area contributed by atoms with Gasteiger partial charge in [0.05, 0.1) is 18.7 Å². The van der Waals surface area contributed by atoms with Crippen LogP contribution < -0.4 is 14.8 Å². The number of ether oxygens (including phenoxy) is 2. The Morgan fingerprint density at radius 3 is 2.62 bits per heavy atom. The van der Waals surface area contributed by atoms with Crippen molar-refractivity contribution < 1.29 is 18.7 Å². The molecule has 26 heavy (non-hydrogen) atoms. The van der Waals surface area contributed by atoms with E-state index in [-0.39, 0.29) is 11.7 Å². The highest BCUT2D eigenvalue weighted by atomic mass is 35.5. The zero-order valence-corrected chi connectivity index (χ0v) is 15.5. The third-order valence-electron chi connectivity index (χ3n) is 3.83. The van der Waals surface area contributed by atoms with Gasteiger partial charge in [-0.25, -0.2) is 4.39 Å². The van der Waals surface area contributed by atoms with Gasteiger partial charge >= 0.3 is 0 Å². The van der Waals surface area contributed by atoms with Gasteiger partial charge in [0.2, 0.25) is 5.91 Å². The molecule has 6 heteroatoms. The number of unbranched alkanes of at least 4 members (excludes halogenated alkanes) is 1. The Morgan fingerprint density at radius 2 is 1.92 bits per heavy atom. The summed E-state index contributed by atoms with van der Waals surface area (Å²) in [5.41, 5.74) is 0.999. The smallest absolute Gasteiger partial charge is 0.220 e. The maximum absolute atomic E-state index is 12.8. The lowest BCUT2D eigenvalue weighted by Gasteiger charge is -2.08. The molecule has 0 spiro atoms. The topological polar surface area (TPSA) is 47.6 Å². The summed E-state index contributed by atoms with van der Waals surface area (Å²) in [5.74, 6) is 1.00. The average molecular weight is 380 g/mol. The average Bonchev–Trinajstić information content (AvgIpc) is 2.64. The molecule has 1 amide bonds. The van der Waals surface area contributed by atoms with Crippen molar-refractivity contribution in [1.29, 1.82) is 0 Å². The molecule has 0 bridgehead atoms. The summed E-state index contributed by atoms with van der Waals surface area (Å²) in [6.07, 6.45) is 2.67. The second kappa shape index (κ2) is 10.7. The molecule has 0 aromatic heterocycles. The molecular weight excluding hydrogens is 357 g/mol. The minimum absolute atomic E-state index is 0.0105. The highest BCUT2D eigenvalue weighted by molar-refractivity contribution is 6.32. The highest BCUT2D eigenvalue weighted by Gasteiger charge is 2.05. The molecule has 0 atom stereocenters. The van der Waals surface area contributed by atoms with Crippen molar-refractivity contribution in [1.82, 2.24) is 5.32 Å². The van der Waals surface area contributed by atoms with Crippen molar-refractivity contribution in [2.75, 3.05) is 20.3 Å². The molecule has 2 rings (SSSR count). The second-order valence-electron chi connectivity index (χ2n) is 5.83. The van der Waals surface area contributed by atoms with Gasteiger partial charge in [-0.1, -0.05) is 17.7 Å². The van der Waals surface area contributed by atoms with E-state index in [1.807, 2.05) is 12.1 Å². The lowest BCUT2D eigenvalue weighted by atomic mass is 10.1. The first-order valence-corrected chi connectivity index (χ1v) is 8.94. The summed E-state index contributed by atoms with van der Waals surface area (Å²) in [7, 11) is 1.57. The van der Waals surface area contributed by atoms with E-state index in [0.717, 1.165) is 18.4 Å². The van der Waals surface area contributed by atoms with Gasteiger partial charge in [0, 0.05) is 13.0 Å². The van der Waals surface area contributed by atoms with Gasteiger partial charge in [-0.3, -0.25) is 4.79 Å². The van der Waals surface area contributed by atoms with E-state index < -0.39 is 0 Å². The highest BCUT2D eigenvalue weighted by Crippen LogP contribution is 2.25. The minimum atomic E-state index is -0.281. The van der Waals surface area contributed by atoms with Gasteiger partial charge in [0.25, 0.3) is 0 Å². The molecule has 0 saturated carbocycles. The number of rotatable bonds is 10. The van der Waals surface area contributed by atoms with Crippen LogP contribution in [0.3, 0.4) is 0 Å². The zero-order chi connectivity index (χ0) is 18.8. The van der Waals surface area contributed by atoms with Crippen molar-refractivity contribution in [2.45, 2.75) is 25.7 Å². The van der Waals surface area contributed by atoms with Gasteiger partial charge in [-0.05, 0) is 61.2 Å². The predicted octanol–water partition coefficient (Wildman–Crippen LogP) is 4.40. The lowest BCUT2D eigenvalue weighted by molar-refractivity contribution is -0.121. The van der Waals surface area contributed by atoms with E-state index in [1.165, 1.54) is 12.1 Å². The van der Waals surface area contributed by atoms with Crippen LogP contribution in [0.25, 0.3) is 0 Å². The zero-order valence-electron chi connectivity index (χ0n) is 14.8. The van der Waals surface area contributed by atoms with Crippen LogP contribution >= 0.6 is 11.6 Å². The molecule has 1 N–H and O–H groups in total. The second-order valence-corrected chi connectivity index (χ2v) is 6.24. The Bertz CT molecular complexity index is 707. The van der Waals surface area contributed by atoms with E-state index >= 15 is 0 Å². The number of methoxy groups -OCH3 is 1. The van der Waals surface area contributed by atoms with E-state index in [2.05, 4.69) is 5.32 Å². The summed E-state index contributed by atoms with van der Waals surface area (Å²) >= 11 is 6.07. The van der Waals surface area contributed by atoms with Gasteiger partial charge in [-0.2, -0.15) is 0 Å². The molecule has 2 aromatic rings. The molecule has 0 aliphatic carbocycles. The fourth-order valence-corrected chi connectivity index (χ4v) is 2.67.